The number of amides is 1. The molecule has 0 bridgehead atoms. The van der Waals surface area contributed by atoms with Crippen molar-refractivity contribution in [1.29, 1.82) is 0 Å². The van der Waals surface area contributed by atoms with Crippen LogP contribution in [0.4, 0.5) is 4.39 Å². The van der Waals surface area contributed by atoms with Crippen molar-refractivity contribution in [1.82, 2.24) is 5.32 Å². The number of ketones is 1. The lowest BCUT2D eigenvalue weighted by Gasteiger charge is -2.05. The monoisotopic (exact) mass is 291 g/mol. The van der Waals surface area contributed by atoms with Gasteiger partial charge in [-0.05, 0) is 24.3 Å². The molecular formula is C15H11ClFNO2. The molecule has 0 saturated carbocycles. The van der Waals surface area contributed by atoms with Gasteiger partial charge >= 0.3 is 0 Å². The van der Waals surface area contributed by atoms with Crippen LogP contribution in [-0.2, 0) is 0 Å². The molecular weight excluding hydrogens is 281 g/mol. The quantitative estimate of drug-likeness (QED) is 0.880. The molecule has 1 amide bonds. The van der Waals surface area contributed by atoms with E-state index in [0.717, 1.165) is 0 Å². The largest absolute Gasteiger partial charge is 0.344 e. The number of halogens is 2. The van der Waals surface area contributed by atoms with Crippen molar-refractivity contribution in [3.8, 4) is 0 Å². The Hall–Kier alpha value is -2.20. The second kappa shape index (κ2) is 6.30. The second-order valence-corrected chi connectivity index (χ2v) is 4.53. The number of carbonyl (C=O) groups excluding carboxylic acids is 2. The standard InChI is InChI=1S/C15H11ClFNO2/c16-11-5-3-4-10(8-11)14(19)9-18-15(20)12-6-1-2-7-13(12)17/h1-8H,9H2,(H,18,20). The van der Waals surface area contributed by atoms with E-state index in [4.69, 9.17) is 11.6 Å². The van der Waals surface area contributed by atoms with Crippen LogP contribution in [0.1, 0.15) is 20.7 Å². The summed E-state index contributed by atoms with van der Waals surface area (Å²) in [6, 6.07) is 12.0. The number of carbonyl (C=O) groups is 2. The Balaban J connectivity index is 2.01. The average molecular weight is 292 g/mol. The van der Waals surface area contributed by atoms with Gasteiger partial charge in [0.15, 0.2) is 5.78 Å². The summed E-state index contributed by atoms with van der Waals surface area (Å²) in [5.41, 5.74) is 0.303. The number of hydrogen-bond acceptors (Lipinski definition) is 2. The molecule has 2 aromatic rings. The Labute approximate surface area is 120 Å². The highest BCUT2D eigenvalue weighted by Crippen LogP contribution is 2.11. The minimum absolute atomic E-state index is 0.0913. The molecule has 5 heteroatoms. The number of rotatable bonds is 4. The van der Waals surface area contributed by atoms with E-state index in [1.54, 1.807) is 24.3 Å². The van der Waals surface area contributed by atoms with Crippen molar-refractivity contribution >= 4 is 23.3 Å². The lowest BCUT2D eigenvalue weighted by atomic mass is 10.1. The maximum absolute atomic E-state index is 13.4. The van der Waals surface area contributed by atoms with Gasteiger partial charge < -0.3 is 5.32 Å². The van der Waals surface area contributed by atoms with Crippen molar-refractivity contribution < 1.29 is 14.0 Å². The van der Waals surface area contributed by atoms with Crippen molar-refractivity contribution in [2.45, 2.75) is 0 Å². The molecule has 2 aromatic carbocycles. The fourth-order valence-electron chi connectivity index (χ4n) is 1.67. The molecule has 0 saturated heterocycles. The molecule has 1 N–H and O–H groups in total. The van der Waals surface area contributed by atoms with E-state index < -0.39 is 11.7 Å². The number of benzene rings is 2. The van der Waals surface area contributed by atoms with E-state index >= 15 is 0 Å². The van der Waals surface area contributed by atoms with E-state index in [1.807, 2.05) is 0 Å². The third-order valence-electron chi connectivity index (χ3n) is 2.67. The smallest absolute Gasteiger partial charge is 0.254 e. The summed E-state index contributed by atoms with van der Waals surface area (Å²) in [5, 5.41) is 2.83. The second-order valence-electron chi connectivity index (χ2n) is 4.10. The summed E-state index contributed by atoms with van der Waals surface area (Å²) in [5.74, 6) is -1.55. The van der Waals surface area contributed by atoms with Gasteiger partial charge in [0.25, 0.3) is 5.91 Å². The first-order chi connectivity index (χ1) is 9.58. The zero-order valence-corrected chi connectivity index (χ0v) is 11.2. The van der Waals surface area contributed by atoms with Crippen LogP contribution >= 0.6 is 11.6 Å². The SMILES string of the molecule is O=C(CNC(=O)c1ccccc1F)c1cccc(Cl)c1. The molecule has 0 aliphatic rings. The Morgan fingerprint density at radius 2 is 1.85 bits per heavy atom. The first kappa shape index (κ1) is 14.2. The van der Waals surface area contributed by atoms with Crippen LogP contribution in [0.25, 0.3) is 0 Å². The van der Waals surface area contributed by atoms with Crippen molar-refractivity contribution in [3.63, 3.8) is 0 Å². The number of hydrogen-bond donors (Lipinski definition) is 1. The van der Waals surface area contributed by atoms with Crippen LogP contribution in [0.3, 0.4) is 0 Å². The average Bonchev–Trinajstić information content (AvgIpc) is 2.45. The Kier molecular flexibility index (Phi) is 4.48. The lowest BCUT2D eigenvalue weighted by molar-refractivity contribution is 0.0901. The highest BCUT2D eigenvalue weighted by atomic mass is 35.5. The predicted octanol–water partition coefficient (Wildman–Crippen LogP) is 3.09. The summed E-state index contributed by atoms with van der Waals surface area (Å²) >= 11 is 5.78. The van der Waals surface area contributed by atoms with Crippen LogP contribution < -0.4 is 5.32 Å². The molecule has 3 nitrogen and oxygen atoms in total. The first-order valence-electron chi connectivity index (χ1n) is 5.89. The summed E-state index contributed by atoms with van der Waals surface area (Å²) in [6.45, 7) is -0.215. The molecule has 102 valence electrons. The normalized spacial score (nSPS) is 10.1. The maximum atomic E-state index is 13.4. The molecule has 0 atom stereocenters. The summed E-state index contributed by atoms with van der Waals surface area (Å²) in [6.07, 6.45) is 0. The van der Waals surface area contributed by atoms with Gasteiger partial charge in [0.1, 0.15) is 5.82 Å². The van der Waals surface area contributed by atoms with E-state index in [2.05, 4.69) is 5.32 Å². The molecule has 2 rings (SSSR count). The topological polar surface area (TPSA) is 46.2 Å². The molecule has 0 radical (unpaired) electrons. The predicted molar refractivity (Wildman–Crippen MR) is 74.5 cm³/mol. The van der Waals surface area contributed by atoms with E-state index in [9.17, 15) is 14.0 Å². The minimum atomic E-state index is -0.626. The highest BCUT2D eigenvalue weighted by molar-refractivity contribution is 6.31. The van der Waals surface area contributed by atoms with E-state index in [1.165, 1.54) is 24.3 Å². The molecule has 0 spiro atoms. The van der Waals surface area contributed by atoms with Gasteiger partial charge in [-0.1, -0.05) is 35.9 Å². The zero-order valence-electron chi connectivity index (χ0n) is 10.4. The molecule has 20 heavy (non-hydrogen) atoms. The summed E-state index contributed by atoms with van der Waals surface area (Å²) in [7, 11) is 0. The molecule has 0 aliphatic carbocycles. The zero-order chi connectivity index (χ0) is 14.5. The fourth-order valence-corrected chi connectivity index (χ4v) is 1.86. The van der Waals surface area contributed by atoms with Crippen LogP contribution in [0.2, 0.25) is 5.02 Å². The highest BCUT2D eigenvalue weighted by Gasteiger charge is 2.13. The molecule has 0 aromatic heterocycles. The van der Waals surface area contributed by atoms with Crippen LogP contribution in [0.5, 0.6) is 0 Å². The molecule has 0 heterocycles. The number of nitrogens with one attached hydrogen (secondary N) is 1. The van der Waals surface area contributed by atoms with E-state index in [-0.39, 0.29) is 17.9 Å². The van der Waals surface area contributed by atoms with Gasteiger partial charge in [-0.3, -0.25) is 9.59 Å². The molecule has 0 unspecified atom stereocenters. The van der Waals surface area contributed by atoms with Gasteiger partial charge in [-0.2, -0.15) is 0 Å². The van der Waals surface area contributed by atoms with Gasteiger partial charge in [0.2, 0.25) is 0 Å². The molecule has 0 aliphatic heterocycles. The van der Waals surface area contributed by atoms with Gasteiger partial charge in [0.05, 0.1) is 12.1 Å². The Morgan fingerprint density at radius 1 is 1.10 bits per heavy atom. The first-order valence-corrected chi connectivity index (χ1v) is 6.27. The van der Waals surface area contributed by atoms with Gasteiger partial charge in [-0.15, -0.1) is 0 Å². The Bertz CT molecular complexity index is 658. The maximum Gasteiger partial charge on any atom is 0.254 e. The van der Waals surface area contributed by atoms with Crippen LogP contribution in [-0.4, -0.2) is 18.2 Å². The third-order valence-corrected chi connectivity index (χ3v) is 2.91. The van der Waals surface area contributed by atoms with Gasteiger partial charge in [-0.25, -0.2) is 4.39 Å². The van der Waals surface area contributed by atoms with Crippen molar-refractivity contribution in [2.24, 2.45) is 0 Å². The van der Waals surface area contributed by atoms with Crippen LogP contribution in [0.15, 0.2) is 48.5 Å². The third kappa shape index (κ3) is 3.42. The lowest BCUT2D eigenvalue weighted by Crippen LogP contribution is -2.30. The van der Waals surface area contributed by atoms with E-state index in [0.29, 0.717) is 10.6 Å². The summed E-state index contributed by atoms with van der Waals surface area (Å²) in [4.78, 5) is 23.6. The minimum Gasteiger partial charge on any atom is -0.344 e. The Morgan fingerprint density at radius 3 is 2.55 bits per heavy atom. The number of Topliss-reactive ketones (excluding diaryl/α,β-unsaturated/α-hetero) is 1. The van der Waals surface area contributed by atoms with Crippen molar-refractivity contribution in [3.05, 3.63) is 70.5 Å². The van der Waals surface area contributed by atoms with Crippen LogP contribution in [0, 0.1) is 5.82 Å². The van der Waals surface area contributed by atoms with Crippen molar-refractivity contribution in [2.75, 3.05) is 6.54 Å². The summed E-state index contributed by atoms with van der Waals surface area (Å²) < 4.78 is 13.4. The molecule has 0 fully saturated rings. The fraction of sp³-hybridized carbons (Fsp3) is 0.0667. The van der Waals surface area contributed by atoms with Gasteiger partial charge in [0, 0.05) is 10.6 Å².